The first-order chi connectivity index (χ1) is 18.5. The zero-order chi connectivity index (χ0) is 27.1. The molecule has 1 aliphatic heterocycles. The first-order valence-electron chi connectivity index (χ1n) is 12.4. The van der Waals surface area contributed by atoms with Crippen LogP contribution in [0, 0.1) is 11.3 Å². The van der Waals surface area contributed by atoms with Gasteiger partial charge in [-0.25, -0.2) is 0 Å². The third-order valence-electron chi connectivity index (χ3n) is 6.12. The highest BCUT2D eigenvalue weighted by Crippen LogP contribution is 2.42. The molecule has 0 saturated carbocycles. The monoisotopic (exact) mass is 527 g/mol. The first kappa shape index (κ1) is 26.8. The van der Waals surface area contributed by atoms with Gasteiger partial charge < -0.3 is 14.8 Å². The Morgan fingerprint density at radius 2 is 1.71 bits per heavy atom. The number of methoxy groups -OCH3 is 1. The molecule has 7 nitrogen and oxygen atoms in total. The maximum Gasteiger partial charge on any atom is 0.269 e. The summed E-state index contributed by atoms with van der Waals surface area (Å²) in [5.41, 5.74) is 3.07. The fourth-order valence-electron chi connectivity index (χ4n) is 4.14. The number of carbonyl (C=O) groups is 2. The Morgan fingerprint density at radius 3 is 2.34 bits per heavy atom. The summed E-state index contributed by atoms with van der Waals surface area (Å²) in [5.74, 6) is 0.334. The van der Waals surface area contributed by atoms with Crippen LogP contribution < -0.4 is 19.7 Å². The van der Waals surface area contributed by atoms with Crippen molar-refractivity contribution in [3.63, 3.8) is 0 Å². The van der Waals surface area contributed by atoms with Crippen molar-refractivity contribution in [1.29, 1.82) is 5.26 Å². The van der Waals surface area contributed by atoms with Crippen LogP contribution in [0.4, 0.5) is 11.4 Å². The van der Waals surface area contributed by atoms with E-state index < -0.39 is 11.2 Å². The minimum atomic E-state index is -0.615. The van der Waals surface area contributed by atoms with Crippen molar-refractivity contribution in [2.24, 2.45) is 0 Å². The summed E-state index contributed by atoms with van der Waals surface area (Å²) in [6, 6.07) is 24.2. The average molecular weight is 528 g/mol. The Balaban J connectivity index is 1.71. The second-order valence-corrected chi connectivity index (χ2v) is 9.72. The molecule has 1 heterocycles. The molecule has 1 fully saturated rings. The number of carbonyl (C=O) groups excluding carboxylic acids is 2. The number of nitrogens with one attached hydrogen (secondary N) is 1. The van der Waals surface area contributed by atoms with E-state index in [0.29, 0.717) is 40.9 Å². The van der Waals surface area contributed by atoms with Crippen LogP contribution in [-0.2, 0) is 22.4 Å². The van der Waals surface area contributed by atoms with E-state index in [9.17, 15) is 14.9 Å². The molecule has 1 aliphatic rings. The topological polar surface area (TPSA) is 91.7 Å². The Labute approximate surface area is 227 Å². The zero-order valence-corrected chi connectivity index (χ0v) is 22.4. The van der Waals surface area contributed by atoms with Crippen molar-refractivity contribution in [3.05, 3.63) is 94.5 Å². The summed E-state index contributed by atoms with van der Waals surface area (Å²) < 4.78 is 10.9. The zero-order valence-electron chi connectivity index (χ0n) is 21.6. The summed E-state index contributed by atoms with van der Waals surface area (Å²) in [6.07, 6.45) is 1.40. The lowest BCUT2D eigenvalue weighted by molar-refractivity contribution is -0.117. The van der Waals surface area contributed by atoms with Gasteiger partial charge in [-0.3, -0.25) is 14.5 Å². The third-order valence-corrected chi connectivity index (χ3v) is 7.38. The van der Waals surface area contributed by atoms with E-state index in [2.05, 4.69) is 24.4 Å². The summed E-state index contributed by atoms with van der Waals surface area (Å²) in [5, 5.41) is 12.7. The summed E-state index contributed by atoms with van der Waals surface area (Å²) in [6.45, 7) is 4.51. The molecule has 194 valence electrons. The molecule has 2 amide bonds. The van der Waals surface area contributed by atoms with Crippen LogP contribution in [0.1, 0.15) is 25.0 Å². The van der Waals surface area contributed by atoms with Gasteiger partial charge in [0, 0.05) is 5.69 Å². The number of amides is 2. The smallest absolute Gasteiger partial charge is 0.269 e. The van der Waals surface area contributed by atoms with Crippen LogP contribution in [0.3, 0.4) is 0 Å². The number of ether oxygens (including phenoxy) is 2. The van der Waals surface area contributed by atoms with Gasteiger partial charge in [0.15, 0.2) is 0 Å². The highest BCUT2D eigenvalue weighted by molar-refractivity contribution is 8.05. The molecule has 38 heavy (non-hydrogen) atoms. The third kappa shape index (κ3) is 5.84. The lowest BCUT2D eigenvalue weighted by Gasteiger charge is -2.19. The fourth-order valence-corrected chi connectivity index (χ4v) is 5.45. The van der Waals surface area contributed by atoms with E-state index in [1.54, 1.807) is 48.5 Å². The quantitative estimate of drug-likeness (QED) is 0.283. The van der Waals surface area contributed by atoms with Crippen molar-refractivity contribution in [3.8, 4) is 17.6 Å². The summed E-state index contributed by atoms with van der Waals surface area (Å²) in [4.78, 5) is 28.5. The predicted octanol–water partition coefficient (Wildman–Crippen LogP) is 5.72. The summed E-state index contributed by atoms with van der Waals surface area (Å²) >= 11 is 1.23. The van der Waals surface area contributed by atoms with Crippen molar-refractivity contribution in [1.82, 2.24) is 0 Å². The molecule has 0 aromatic heterocycles. The number of rotatable bonds is 9. The number of thioether (sulfide) groups is 1. The molecule has 3 aromatic carbocycles. The van der Waals surface area contributed by atoms with Gasteiger partial charge in [0.1, 0.15) is 28.2 Å². The molecular weight excluding hydrogens is 498 g/mol. The molecule has 3 aromatic rings. The number of hydrogen-bond donors (Lipinski definition) is 1. The Bertz CT molecular complexity index is 1380. The van der Waals surface area contributed by atoms with Gasteiger partial charge in [-0.05, 0) is 67.3 Å². The first-order valence-corrected chi connectivity index (χ1v) is 13.3. The minimum absolute atomic E-state index is 0.146. The second kappa shape index (κ2) is 12.3. The van der Waals surface area contributed by atoms with Crippen LogP contribution in [-0.4, -0.2) is 30.8 Å². The van der Waals surface area contributed by atoms with Crippen molar-refractivity contribution in [2.75, 3.05) is 23.9 Å². The molecule has 4 rings (SSSR count). The molecule has 1 atom stereocenters. The van der Waals surface area contributed by atoms with E-state index >= 15 is 0 Å². The van der Waals surface area contributed by atoms with Crippen LogP contribution in [0.15, 0.2) is 83.4 Å². The van der Waals surface area contributed by atoms with E-state index in [4.69, 9.17) is 9.47 Å². The number of anilines is 2. The Hall–Kier alpha value is -4.22. The van der Waals surface area contributed by atoms with Gasteiger partial charge in [0.25, 0.3) is 5.91 Å². The van der Waals surface area contributed by atoms with Gasteiger partial charge in [0.2, 0.25) is 5.91 Å². The van der Waals surface area contributed by atoms with Gasteiger partial charge in [-0.1, -0.05) is 55.1 Å². The maximum absolute atomic E-state index is 13.7. The Kier molecular flexibility index (Phi) is 8.72. The minimum Gasteiger partial charge on any atom is -0.495 e. The summed E-state index contributed by atoms with van der Waals surface area (Å²) in [7, 11) is 1.51. The highest BCUT2D eigenvalue weighted by atomic mass is 32.2. The van der Waals surface area contributed by atoms with E-state index in [1.807, 2.05) is 25.1 Å². The van der Waals surface area contributed by atoms with Gasteiger partial charge >= 0.3 is 0 Å². The number of benzene rings is 3. The molecule has 0 radical (unpaired) electrons. The van der Waals surface area contributed by atoms with E-state index in [-0.39, 0.29) is 11.5 Å². The largest absolute Gasteiger partial charge is 0.495 e. The standard InChI is InChI=1S/C30H29N3O4S/c1-4-20-10-12-21(13-11-20)18-27-29(35)33(22-14-16-23(17-15-22)37-5-2)30(38-27)24(19-31)28(34)32-25-8-6-7-9-26(25)36-3/h6-17,27H,4-5,18H2,1-3H3,(H,32,34)/b30-24-. The van der Waals surface area contributed by atoms with Crippen molar-refractivity contribution < 1.29 is 19.1 Å². The molecule has 1 saturated heterocycles. The van der Waals surface area contributed by atoms with E-state index in [0.717, 1.165) is 12.0 Å². The predicted molar refractivity (Wildman–Crippen MR) is 150 cm³/mol. The lowest BCUT2D eigenvalue weighted by atomic mass is 10.1. The Morgan fingerprint density at radius 1 is 1.03 bits per heavy atom. The second-order valence-electron chi connectivity index (χ2n) is 8.53. The average Bonchev–Trinajstić information content (AvgIpc) is 3.25. The molecular formula is C30H29N3O4S. The molecule has 1 N–H and O–H groups in total. The van der Waals surface area contributed by atoms with Gasteiger partial charge in [-0.2, -0.15) is 5.26 Å². The normalized spacial score (nSPS) is 16.1. The van der Waals surface area contributed by atoms with E-state index in [1.165, 1.54) is 29.3 Å². The van der Waals surface area contributed by atoms with Crippen molar-refractivity contribution in [2.45, 2.75) is 31.9 Å². The fraction of sp³-hybridized carbons (Fsp3) is 0.233. The number of aryl methyl sites for hydroxylation is 1. The van der Waals surface area contributed by atoms with Crippen LogP contribution in [0.5, 0.6) is 11.5 Å². The number of hydrogen-bond acceptors (Lipinski definition) is 6. The maximum atomic E-state index is 13.7. The number of nitriles is 1. The number of para-hydroxylation sites is 2. The molecule has 0 aliphatic carbocycles. The van der Waals surface area contributed by atoms with Crippen LogP contribution >= 0.6 is 11.8 Å². The lowest BCUT2D eigenvalue weighted by Crippen LogP contribution is -2.31. The van der Waals surface area contributed by atoms with Crippen LogP contribution in [0.2, 0.25) is 0 Å². The molecule has 0 spiro atoms. The number of nitrogens with zero attached hydrogens (tertiary/aromatic N) is 2. The van der Waals surface area contributed by atoms with Gasteiger partial charge in [0.05, 0.1) is 24.7 Å². The van der Waals surface area contributed by atoms with Crippen molar-refractivity contribution >= 4 is 35.0 Å². The van der Waals surface area contributed by atoms with Gasteiger partial charge in [-0.15, -0.1) is 0 Å². The molecule has 0 bridgehead atoms. The molecule has 1 unspecified atom stereocenters. The molecule has 8 heteroatoms. The van der Waals surface area contributed by atoms with Crippen LogP contribution in [0.25, 0.3) is 0 Å². The SMILES string of the molecule is CCOc1ccc(N2C(=O)C(Cc3ccc(CC)cc3)S/C2=C(/C#N)C(=O)Nc2ccccc2OC)cc1. The highest BCUT2D eigenvalue weighted by Gasteiger charge is 2.41.